The molecule has 1 aromatic rings. The summed E-state index contributed by atoms with van der Waals surface area (Å²) in [6.07, 6.45) is 42.1. The first-order valence-corrected chi connectivity index (χ1v) is 21.2. The molecule has 0 N–H and O–H groups in total. The Morgan fingerprint density at radius 3 is 0.980 bits per heavy atom. The summed E-state index contributed by atoms with van der Waals surface area (Å²) in [6.45, 7) is 6.07. The molecule has 7 nitrogen and oxygen atoms in total. The molecule has 1 aromatic carbocycles. The van der Waals surface area contributed by atoms with E-state index >= 15 is 0 Å². The average molecular weight is 688 g/mol. The SMILES string of the molecule is CCCCCCCCCCCCCCCCCCN(CCCCCCCCCCCCCCCCCC)c1ccc([N+](=O)[O-])cc1[N+](=O)[O-]. The second kappa shape index (κ2) is 33.0. The van der Waals surface area contributed by atoms with Crippen LogP contribution >= 0.6 is 0 Å². The van der Waals surface area contributed by atoms with Crippen LogP contribution in [0.15, 0.2) is 18.2 Å². The maximum absolute atomic E-state index is 11.9. The number of hydrogen-bond acceptors (Lipinski definition) is 5. The number of rotatable bonds is 37. The first-order valence-electron chi connectivity index (χ1n) is 21.2. The molecule has 0 amide bonds. The van der Waals surface area contributed by atoms with E-state index in [1.54, 1.807) is 6.07 Å². The fourth-order valence-corrected chi connectivity index (χ4v) is 7.09. The molecule has 0 fully saturated rings. The molecular weight excluding hydrogens is 610 g/mol. The van der Waals surface area contributed by atoms with Crippen molar-refractivity contribution in [1.29, 1.82) is 0 Å². The first kappa shape index (κ1) is 44.8. The molecule has 7 heteroatoms. The van der Waals surface area contributed by atoms with Crippen LogP contribution in [0.1, 0.15) is 219 Å². The van der Waals surface area contributed by atoms with Crippen molar-refractivity contribution in [1.82, 2.24) is 0 Å². The molecular formula is C42H77N3O4. The van der Waals surface area contributed by atoms with E-state index in [1.165, 1.54) is 186 Å². The lowest BCUT2D eigenvalue weighted by Crippen LogP contribution is -2.26. The summed E-state index contributed by atoms with van der Waals surface area (Å²) in [5, 5.41) is 23.2. The van der Waals surface area contributed by atoms with Crippen LogP contribution in [0.5, 0.6) is 0 Å². The third-order valence-corrected chi connectivity index (χ3v) is 10.3. The Morgan fingerprint density at radius 2 is 0.714 bits per heavy atom. The van der Waals surface area contributed by atoms with Gasteiger partial charge in [0.1, 0.15) is 5.69 Å². The molecule has 0 unspecified atom stereocenters. The largest absolute Gasteiger partial charge is 0.366 e. The number of anilines is 1. The van der Waals surface area contributed by atoms with Crippen LogP contribution < -0.4 is 4.90 Å². The molecule has 49 heavy (non-hydrogen) atoms. The molecule has 0 atom stereocenters. The molecule has 0 saturated carbocycles. The summed E-state index contributed by atoms with van der Waals surface area (Å²) in [5.41, 5.74) is 0.153. The second-order valence-electron chi connectivity index (χ2n) is 14.8. The number of unbranched alkanes of at least 4 members (excludes halogenated alkanes) is 30. The van der Waals surface area contributed by atoms with Gasteiger partial charge in [0.15, 0.2) is 0 Å². The Hall–Kier alpha value is -2.18. The van der Waals surface area contributed by atoms with Crippen LogP contribution in [0.3, 0.4) is 0 Å². The van der Waals surface area contributed by atoms with Crippen molar-refractivity contribution in [2.45, 2.75) is 219 Å². The normalized spacial score (nSPS) is 11.3. The van der Waals surface area contributed by atoms with Crippen LogP contribution in [0.25, 0.3) is 0 Å². The van der Waals surface area contributed by atoms with Gasteiger partial charge in [-0.25, -0.2) is 0 Å². The lowest BCUT2D eigenvalue weighted by atomic mass is 10.0. The van der Waals surface area contributed by atoms with Gasteiger partial charge >= 0.3 is 0 Å². The van der Waals surface area contributed by atoms with Crippen molar-refractivity contribution in [3.05, 3.63) is 38.4 Å². The molecule has 0 heterocycles. The molecule has 0 bridgehead atoms. The highest BCUT2D eigenvalue weighted by molar-refractivity contribution is 5.66. The van der Waals surface area contributed by atoms with Gasteiger partial charge in [-0.15, -0.1) is 0 Å². The van der Waals surface area contributed by atoms with Gasteiger partial charge in [-0.1, -0.05) is 206 Å². The summed E-state index contributed by atoms with van der Waals surface area (Å²) < 4.78 is 0. The van der Waals surface area contributed by atoms with Crippen molar-refractivity contribution in [3.63, 3.8) is 0 Å². The summed E-state index contributed by atoms with van der Waals surface area (Å²) in [4.78, 5) is 24.3. The van der Waals surface area contributed by atoms with E-state index in [4.69, 9.17) is 0 Å². The number of benzene rings is 1. The Kier molecular flexibility index (Phi) is 30.2. The predicted molar refractivity (Wildman–Crippen MR) is 211 cm³/mol. The highest BCUT2D eigenvalue weighted by Gasteiger charge is 2.23. The Balaban J connectivity index is 2.29. The Bertz CT molecular complexity index is 889. The molecule has 0 aliphatic rings. The zero-order chi connectivity index (χ0) is 35.6. The van der Waals surface area contributed by atoms with Gasteiger partial charge in [0, 0.05) is 19.2 Å². The summed E-state index contributed by atoms with van der Waals surface area (Å²) in [7, 11) is 0. The van der Waals surface area contributed by atoms with Gasteiger partial charge in [-0.2, -0.15) is 0 Å². The van der Waals surface area contributed by atoms with Crippen LogP contribution in [0.2, 0.25) is 0 Å². The molecule has 0 saturated heterocycles. The van der Waals surface area contributed by atoms with E-state index in [2.05, 4.69) is 18.7 Å². The third-order valence-electron chi connectivity index (χ3n) is 10.3. The number of hydrogen-bond donors (Lipinski definition) is 0. The van der Waals surface area contributed by atoms with Crippen LogP contribution in [0, 0.1) is 20.2 Å². The van der Waals surface area contributed by atoms with Crippen molar-refractivity contribution in [2.24, 2.45) is 0 Å². The Labute approximate surface area is 302 Å². The topological polar surface area (TPSA) is 89.5 Å². The van der Waals surface area contributed by atoms with Gasteiger partial charge in [0.25, 0.3) is 11.4 Å². The summed E-state index contributed by atoms with van der Waals surface area (Å²) >= 11 is 0. The number of nitro benzene ring substituents is 2. The lowest BCUT2D eigenvalue weighted by Gasteiger charge is -2.24. The van der Waals surface area contributed by atoms with E-state index in [1.807, 2.05) is 0 Å². The third kappa shape index (κ3) is 25.4. The molecule has 0 aliphatic carbocycles. The number of nitro groups is 2. The number of nitrogens with zero attached hydrogens (tertiary/aromatic N) is 3. The highest BCUT2D eigenvalue weighted by Crippen LogP contribution is 2.33. The van der Waals surface area contributed by atoms with Crippen LogP contribution in [-0.4, -0.2) is 22.9 Å². The molecule has 0 radical (unpaired) electrons. The van der Waals surface area contributed by atoms with E-state index in [0.29, 0.717) is 5.69 Å². The highest BCUT2D eigenvalue weighted by atomic mass is 16.6. The van der Waals surface area contributed by atoms with E-state index < -0.39 is 9.85 Å². The van der Waals surface area contributed by atoms with Crippen molar-refractivity contribution in [2.75, 3.05) is 18.0 Å². The minimum Gasteiger partial charge on any atom is -0.366 e. The molecule has 0 spiro atoms. The number of non-ortho nitro benzene ring substituents is 1. The minimum atomic E-state index is -0.549. The molecule has 0 aliphatic heterocycles. The summed E-state index contributed by atoms with van der Waals surface area (Å²) in [6, 6.07) is 4.13. The molecule has 284 valence electrons. The zero-order valence-corrected chi connectivity index (χ0v) is 32.2. The van der Waals surface area contributed by atoms with E-state index in [9.17, 15) is 20.2 Å². The van der Waals surface area contributed by atoms with Gasteiger partial charge < -0.3 is 4.90 Å². The standard InChI is InChI=1S/C42H77N3O4/c1-3-5-7-9-11-13-15-17-19-21-23-25-27-29-31-33-37-43(41-36-35-40(44(46)47)39-42(41)45(48)49)38-34-32-30-28-26-24-22-20-18-16-14-12-10-8-6-4-2/h35-36,39H,3-34,37-38H2,1-2H3. The second-order valence-corrected chi connectivity index (χ2v) is 14.8. The van der Waals surface area contributed by atoms with Crippen molar-refractivity contribution in [3.8, 4) is 0 Å². The molecule has 1 rings (SSSR count). The molecule has 0 aromatic heterocycles. The summed E-state index contributed by atoms with van der Waals surface area (Å²) in [5.74, 6) is 0. The monoisotopic (exact) mass is 688 g/mol. The van der Waals surface area contributed by atoms with Crippen LogP contribution in [0.4, 0.5) is 17.1 Å². The van der Waals surface area contributed by atoms with Gasteiger partial charge in [-0.05, 0) is 18.9 Å². The fourth-order valence-electron chi connectivity index (χ4n) is 7.09. The maximum atomic E-state index is 11.9. The Morgan fingerprint density at radius 1 is 0.429 bits per heavy atom. The van der Waals surface area contributed by atoms with Gasteiger partial charge in [0.05, 0.1) is 15.9 Å². The smallest absolute Gasteiger partial charge is 0.299 e. The fraction of sp³-hybridized carbons (Fsp3) is 0.857. The van der Waals surface area contributed by atoms with E-state index in [-0.39, 0.29) is 11.4 Å². The van der Waals surface area contributed by atoms with Gasteiger partial charge in [0.2, 0.25) is 0 Å². The predicted octanol–water partition coefficient (Wildman–Crippen LogP) is 14.8. The first-order chi connectivity index (χ1) is 24.0. The minimum absolute atomic E-state index is 0.151. The lowest BCUT2D eigenvalue weighted by molar-refractivity contribution is -0.393. The van der Waals surface area contributed by atoms with Gasteiger partial charge in [-0.3, -0.25) is 20.2 Å². The maximum Gasteiger partial charge on any atom is 0.299 e. The van der Waals surface area contributed by atoms with Crippen LogP contribution in [-0.2, 0) is 0 Å². The average Bonchev–Trinajstić information content (AvgIpc) is 3.10. The quantitative estimate of drug-likeness (QED) is 0.0394. The zero-order valence-electron chi connectivity index (χ0n) is 32.2. The van der Waals surface area contributed by atoms with Crippen molar-refractivity contribution < 1.29 is 9.85 Å². The van der Waals surface area contributed by atoms with Crippen molar-refractivity contribution >= 4 is 17.1 Å². The van der Waals surface area contributed by atoms with E-state index in [0.717, 1.165) is 44.8 Å².